The number of carboxylic acids is 3. The maximum absolute atomic E-state index is 13.6. The van der Waals surface area contributed by atoms with Crippen LogP contribution in [0.4, 0.5) is 18.3 Å². The highest BCUT2D eigenvalue weighted by Crippen LogP contribution is 2.41. The predicted octanol–water partition coefficient (Wildman–Crippen LogP) is 2.66. The molecule has 296 valence electrons. The van der Waals surface area contributed by atoms with Crippen molar-refractivity contribution in [2.75, 3.05) is 11.5 Å². The van der Waals surface area contributed by atoms with Crippen LogP contribution in [0.3, 0.4) is 0 Å². The Kier molecular flexibility index (Phi) is 13.5. The van der Waals surface area contributed by atoms with Gasteiger partial charge >= 0.3 is 36.0 Å². The number of thiazole rings is 1. The number of allylic oxidation sites excluding steroid dienone is 1. The molecule has 4 heterocycles. The van der Waals surface area contributed by atoms with Crippen LogP contribution < -0.4 is 20.5 Å². The number of β-lactam (4-membered cyclic amide) rings is 1. The summed E-state index contributed by atoms with van der Waals surface area (Å²) in [6.45, 7) is 2.20. The summed E-state index contributed by atoms with van der Waals surface area (Å²) in [4.78, 5) is 93.7. The van der Waals surface area contributed by atoms with Gasteiger partial charge in [-0.15, -0.1) is 23.1 Å². The SMILES string of the molecule is CC(=O)Oc1ccc([C@@H](ON=C(C(=O)N[C@@H]2C(=O)N3C(C(=O)O)=C(/C=C\c4ccsn4)CS[C@@H]23)c2csc(N)n2)C(=O)O)cc1OC(C)=O.O=C(O)C(F)(F)F. The molecule has 3 aromatic rings. The zero-order valence-corrected chi connectivity index (χ0v) is 30.7. The van der Waals surface area contributed by atoms with Gasteiger partial charge in [-0.25, -0.2) is 19.4 Å². The zero-order valence-electron chi connectivity index (χ0n) is 28.2. The molecule has 0 bridgehead atoms. The minimum absolute atomic E-state index is 0.0422. The van der Waals surface area contributed by atoms with Gasteiger partial charge in [0.1, 0.15) is 22.8 Å². The van der Waals surface area contributed by atoms with Crippen LogP contribution in [0.5, 0.6) is 11.5 Å². The number of carbonyl (C=O) groups excluding carboxylic acids is 4. The van der Waals surface area contributed by atoms with Crippen LogP contribution in [0, 0.1) is 0 Å². The summed E-state index contributed by atoms with van der Waals surface area (Å²) in [6, 6.07) is 4.07. The van der Waals surface area contributed by atoms with Crippen LogP contribution >= 0.6 is 34.6 Å². The lowest BCUT2D eigenvalue weighted by atomic mass is 10.0. The summed E-state index contributed by atoms with van der Waals surface area (Å²) in [6.07, 6.45) is -3.75. The van der Waals surface area contributed by atoms with Crippen molar-refractivity contribution in [3.63, 3.8) is 0 Å². The molecule has 2 aromatic heterocycles. The quantitative estimate of drug-likeness (QED) is 0.0576. The predicted molar refractivity (Wildman–Crippen MR) is 188 cm³/mol. The maximum Gasteiger partial charge on any atom is 0.490 e. The number of amides is 2. The summed E-state index contributed by atoms with van der Waals surface area (Å²) >= 11 is 3.40. The van der Waals surface area contributed by atoms with Crippen LogP contribution in [0.15, 0.2) is 57.5 Å². The Morgan fingerprint density at radius 1 is 1.05 bits per heavy atom. The number of ether oxygens (including phenoxy) is 2. The molecule has 0 aliphatic carbocycles. The third-order valence-electron chi connectivity index (χ3n) is 6.87. The fraction of sp³-hybridized carbons (Fsp3) is 0.226. The minimum Gasteiger partial charge on any atom is -0.478 e. The molecule has 19 nitrogen and oxygen atoms in total. The van der Waals surface area contributed by atoms with Crippen LogP contribution in [0.25, 0.3) is 6.08 Å². The van der Waals surface area contributed by atoms with Crippen molar-refractivity contribution in [2.24, 2.45) is 5.16 Å². The first-order valence-electron chi connectivity index (χ1n) is 15.1. The van der Waals surface area contributed by atoms with E-state index in [9.17, 15) is 52.2 Å². The standard InChI is InChI=1S/C29H24N6O11S3.C2HF3O2/c1-12(36)44-18-6-4-14(9-19(18)45-13(2)37)23(28(42)43)46-33-20(17-11-48-29(30)31-17)24(38)32-21-25(39)35-22(27(40)41)15(10-47-26(21)35)3-5-16-7-8-49-34-16;3-2(4,5)1(6)7/h3-9,11,21,23,26H,10H2,1-2H3,(H2,30,31)(H,32,38)(H,40,41)(H,42,43);(H,6,7)/b5-3-,33-20?;/t21-,23-,26+;/m1./s1. The number of nitrogens with two attached hydrogens (primary N) is 1. The number of aromatic nitrogens is 2. The van der Waals surface area contributed by atoms with Gasteiger partial charge in [0, 0.05) is 35.9 Å². The largest absolute Gasteiger partial charge is 0.490 e. The second kappa shape index (κ2) is 17.9. The number of aliphatic carboxylic acids is 3. The van der Waals surface area contributed by atoms with Crippen molar-refractivity contribution >= 4 is 93.2 Å². The van der Waals surface area contributed by atoms with E-state index in [1.807, 2.05) is 0 Å². The summed E-state index contributed by atoms with van der Waals surface area (Å²) in [5.41, 5.74) is 5.77. The molecule has 0 radical (unpaired) electrons. The first-order valence-corrected chi connectivity index (χ1v) is 17.8. The number of hydrogen-bond acceptors (Lipinski definition) is 17. The van der Waals surface area contributed by atoms with Gasteiger partial charge in [0.15, 0.2) is 22.3 Å². The van der Waals surface area contributed by atoms with Crippen LogP contribution in [0.2, 0.25) is 0 Å². The number of benzene rings is 1. The van der Waals surface area contributed by atoms with Gasteiger partial charge in [0.25, 0.3) is 11.8 Å². The lowest BCUT2D eigenvalue weighted by Gasteiger charge is -2.49. The minimum atomic E-state index is -5.08. The third kappa shape index (κ3) is 10.4. The zero-order chi connectivity index (χ0) is 41.5. The lowest BCUT2D eigenvalue weighted by molar-refractivity contribution is -0.192. The van der Waals surface area contributed by atoms with Crippen molar-refractivity contribution < 1.29 is 76.4 Å². The van der Waals surface area contributed by atoms with Crippen LogP contribution in [0.1, 0.15) is 36.9 Å². The first kappa shape index (κ1) is 42.4. The smallest absolute Gasteiger partial charge is 0.478 e. The van der Waals surface area contributed by atoms with E-state index in [4.69, 9.17) is 29.9 Å². The lowest BCUT2D eigenvalue weighted by Crippen LogP contribution is -2.71. The Morgan fingerprint density at radius 2 is 1.71 bits per heavy atom. The Labute approximate surface area is 323 Å². The number of carbonyl (C=O) groups is 7. The maximum atomic E-state index is 13.6. The van der Waals surface area contributed by atoms with Gasteiger partial charge in [-0.05, 0) is 41.4 Å². The third-order valence-corrected chi connectivity index (χ3v) is 9.42. The fourth-order valence-electron chi connectivity index (χ4n) is 4.59. The molecule has 1 fully saturated rings. The molecule has 2 aliphatic rings. The molecule has 0 spiro atoms. The van der Waals surface area contributed by atoms with Crippen molar-refractivity contribution in [3.05, 3.63) is 69.3 Å². The van der Waals surface area contributed by atoms with E-state index in [-0.39, 0.29) is 39.3 Å². The number of thioether (sulfide) groups is 1. The van der Waals surface area contributed by atoms with Crippen molar-refractivity contribution in [3.8, 4) is 11.5 Å². The molecule has 0 unspecified atom stereocenters. The molecule has 2 aliphatic heterocycles. The van der Waals surface area contributed by atoms with E-state index >= 15 is 0 Å². The summed E-state index contributed by atoms with van der Waals surface area (Å²) in [5.74, 6) is -9.09. The molecule has 3 atom stereocenters. The number of anilines is 1. The Morgan fingerprint density at radius 3 is 2.25 bits per heavy atom. The molecule has 2 amide bonds. The number of alkyl halides is 3. The summed E-state index contributed by atoms with van der Waals surface area (Å²) < 4.78 is 45.9. The molecule has 6 N–H and O–H groups in total. The van der Waals surface area contributed by atoms with Crippen LogP contribution in [-0.2, 0) is 38.4 Å². The van der Waals surface area contributed by atoms with Crippen molar-refractivity contribution in [2.45, 2.75) is 37.5 Å². The van der Waals surface area contributed by atoms with E-state index in [1.54, 1.807) is 23.6 Å². The molecule has 1 aromatic carbocycles. The molecule has 5 rings (SSSR count). The highest BCUT2D eigenvalue weighted by Gasteiger charge is 2.54. The van der Waals surface area contributed by atoms with Crippen LogP contribution in [-0.4, -0.2) is 100 Å². The number of carboxylic acid groups (broad SMARTS) is 3. The second-order valence-corrected chi connectivity index (χ2v) is 13.5. The van der Waals surface area contributed by atoms with E-state index in [0.717, 1.165) is 36.2 Å². The molecular weight excluding hydrogens is 818 g/mol. The number of esters is 2. The molecule has 0 saturated carbocycles. The van der Waals surface area contributed by atoms with Gasteiger partial charge in [-0.1, -0.05) is 17.3 Å². The van der Waals surface area contributed by atoms with E-state index in [2.05, 4.69) is 19.8 Å². The number of oxime groups is 1. The number of rotatable bonds is 12. The molecular formula is C31H25F3N6O13S3. The molecule has 56 heavy (non-hydrogen) atoms. The number of nitrogens with one attached hydrogen (secondary N) is 1. The first-order chi connectivity index (χ1) is 26.3. The summed E-state index contributed by atoms with van der Waals surface area (Å²) in [5, 5.41) is 35.7. The average Bonchev–Trinajstić information content (AvgIpc) is 3.79. The number of halogens is 3. The van der Waals surface area contributed by atoms with Gasteiger partial charge in [0.05, 0.1) is 5.69 Å². The Hall–Kier alpha value is -6.34. The molecule has 25 heteroatoms. The van der Waals surface area contributed by atoms with Gasteiger partial charge in [0.2, 0.25) is 6.10 Å². The van der Waals surface area contributed by atoms with Crippen molar-refractivity contribution in [1.29, 1.82) is 0 Å². The normalized spacial score (nSPS) is 17.1. The average molecular weight is 843 g/mol. The Bertz CT molecular complexity index is 2150. The monoisotopic (exact) mass is 842 g/mol. The number of hydrogen-bond donors (Lipinski definition) is 5. The molecule has 1 saturated heterocycles. The highest BCUT2D eigenvalue weighted by atomic mass is 32.2. The number of nitrogen functional groups attached to an aromatic ring is 1. The van der Waals surface area contributed by atoms with Gasteiger partial charge in [-0.3, -0.25) is 24.1 Å². The van der Waals surface area contributed by atoms with Gasteiger partial charge < -0.3 is 40.7 Å². The topological polar surface area (TPSA) is 287 Å². The number of fused-ring (bicyclic) bond motifs is 1. The fourth-order valence-corrected chi connectivity index (χ4v) is 6.96. The Balaban J connectivity index is 0.000000908. The number of nitrogens with zero attached hydrogens (tertiary/aromatic N) is 4. The highest BCUT2D eigenvalue weighted by molar-refractivity contribution is 8.00. The van der Waals surface area contributed by atoms with E-state index in [0.29, 0.717) is 11.3 Å². The summed E-state index contributed by atoms with van der Waals surface area (Å²) in [7, 11) is 0. The van der Waals surface area contributed by atoms with Gasteiger partial charge in [-0.2, -0.15) is 17.5 Å². The second-order valence-electron chi connectivity index (χ2n) is 10.8. The van der Waals surface area contributed by atoms with E-state index in [1.165, 1.54) is 40.8 Å². The van der Waals surface area contributed by atoms with E-state index < -0.39 is 71.1 Å². The van der Waals surface area contributed by atoms with Crippen molar-refractivity contribution in [1.82, 2.24) is 19.6 Å².